The second-order valence-corrected chi connectivity index (χ2v) is 9.85. The van der Waals surface area contributed by atoms with Gasteiger partial charge in [0, 0.05) is 43.9 Å². The van der Waals surface area contributed by atoms with E-state index in [4.69, 9.17) is 9.72 Å². The molecule has 3 N–H and O–H groups in total. The van der Waals surface area contributed by atoms with E-state index >= 15 is 0 Å². The summed E-state index contributed by atoms with van der Waals surface area (Å²) in [6.07, 6.45) is 6.81. The smallest absolute Gasteiger partial charge is 0.326 e. The first kappa shape index (κ1) is 27.7. The van der Waals surface area contributed by atoms with Crippen LogP contribution < -0.4 is 10.6 Å². The molecule has 1 aliphatic heterocycles. The molecule has 10 heteroatoms. The van der Waals surface area contributed by atoms with Crippen LogP contribution in [0.5, 0.6) is 0 Å². The van der Waals surface area contributed by atoms with E-state index in [2.05, 4.69) is 37.6 Å². The second-order valence-electron chi connectivity index (χ2n) is 9.85. The Morgan fingerprint density at radius 3 is 2.92 bits per heavy atom. The van der Waals surface area contributed by atoms with E-state index in [-0.39, 0.29) is 6.10 Å². The molecule has 0 bridgehead atoms. The van der Waals surface area contributed by atoms with Crippen molar-refractivity contribution in [2.24, 2.45) is 0 Å². The van der Waals surface area contributed by atoms with Crippen molar-refractivity contribution in [2.75, 3.05) is 43.9 Å². The molecule has 9 nitrogen and oxygen atoms in total. The Hall–Kier alpha value is -3.37. The monoisotopic (exact) mass is 524 g/mol. The highest BCUT2D eigenvalue weighted by atomic mass is 19.1. The predicted molar refractivity (Wildman–Crippen MR) is 146 cm³/mol. The van der Waals surface area contributed by atoms with Gasteiger partial charge in [0.25, 0.3) is 0 Å². The van der Waals surface area contributed by atoms with Gasteiger partial charge in [0.05, 0.1) is 11.6 Å². The number of ether oxygens (including phenoxy) is 1. The molecular weight excluding hydrogens is 487 g/mol. The van der Waals surface area contributed by atoms with Gasteiger partial charge in [-0.25, -0.2) is 24.1 Å². The summed E-state index contributed by atoms with van der Waals surface area (Å²) in [5.74, 6) is 0.0361. The van der Waals surface area contributed by atoms with Crippen molar-refractivity contribution in [2.45, 2.75) is 57.6 Å². The Bertz CT molecular complexity index is 1230. The number of nitrogens with zero attached hydrogens (tertiary/aromatic N) is 4. The summed E-state index contributed by atoms with van der Waals surface area (Å²) in [5, 5.41) is 16.9. The van der Waals surface area contributed by atoms with E-state index in [9.17, 15) is 14.3 Å². The Morgan fingerprint density at radius 2 is 2.11 bits per heavy atom. The van der Waals surface area contributed by atoms with Crippen molar-refractivity contribution in [3.63, 3.8) is 0 Å². The lowest BCUT2D eigenvalue weighted by Gasteiger charge is -2.27. The molecule has 0 aliphatic carbocycles. The molecule has 204 valence electrons. The number of aliphatic carboxylic acids is 1. The SMILES string of the molecule is COC(C)CN(CCCCc1ccc2c(n1)NCCC2)CCC(Nc1ncnc2cc(F)ccc12)C(=O)O. The standard InChI is InChI=1S/C28H37FN6O3/c1-19(38-2)17-35(14-4-3-7-22-10-8-20-6-5-13-30-26(20)33-22)15-12-24(28(36)37)34-27-23-11-9-21(29)16-25(23)31-18-32-27/h8-11,16,18-19,24H,3-7,12-15,17H2,1-2H3,(H,30,33)(H,36,37)(H,31,32,34). The number of rotatable bonds is 14. The minimum atomic E-state index is -0.967. The third kappa shape index (κ3) is 7.58. The number of carbonyl (C=O) groups is 1. The maximum atomic E-state index is 13.6. The van der Waals surface area contributed by atoms with Gasteiger partial charge in [-0.15, -0.1) is 0 Å². The number of hydrogen-bond acceptors (Lipinski definition) is 8. The van der Waals surface area contributed by atoms with Crippen LogP contribution in [0.4, 0.5) is 16.0 Å². The Morgan fingerprint density at radius 1 is 1.24 bits per heavy atom. The zero-order valence-corrected chi connectivity index (χ0v) is 22.1. The first-order valence-electron chi connectivity index (χ1n) is 13.3. The van der Waals surface area contributed by atoms with Gasteiger partial charge in [-0.1, -0.05) is 6.07 Å². The first-order valence-corrected chi connectivity index (χ1v) is 13.3. The number of unbranched alkanes of at least 4 members (excludes halogenated alkanes) is 1. The fourth-order valence-corrected chi connectivity index (χ4v) is 4.76. The number of hydrogen-bond donors (Lipinski definition) is 3. The third-order valence-electron chi connectivity index (χ3n) is 6.97. The predicted octanol–water partition coefficient (Wildman–Crippen LogP) is 4.14. The number of nitrogens with one attached hydrogen (secondary N) is 2. The van der Waals surface area contributed by atoms with Gasteiger partial charge in [-0.2, -0.15) is 0 Å². The number of halogens is 1. The number of carboxylic acids is 1. The van der Waals surface area contributed by atoms with Gasteiger partial charge >= 0.3 is 5.97 Å². The van der Waals surface area contributed by atoms with Crippen molar-refractivity contribution >= 4 is 28.5 Å². The third-order valence-corrected chi connectivity index (χ3v) is 6.97. The normalized spacial score (nSPS) is 14.6. The van der Waals surface area contributed by atoms with Gasteiger partial charge in [-0.05, 0) is 75.8 Å². The van der Waals surface area contributed by atoms with Gasteiger partial charge in [0.15, 0.2) is 0 Å². The molecule has 38 heavy (non-hydrogen) atoms. The van der Waals surface area contributed by atoms with Crippen LogP contribution in [0.15, 0.2) is 36.7 Å². The minimum Gasteiger partial charge on any atom is -0.480 e. The first-order chi connectivity index (χ1) is 18.4. The van der Waals surface area contributed by atoms with Crippen molar-refractivity contribution in [1.29, 1.82) is 0 Å². The van der Waals surface area contributed by atoms with Gasteiger partial charge in [0.2, 0.25) is 0 Å². The van der Waals surface area contributed by atoms with E-state index in [1.54, 1.807) is 13.2 Å². The highest BCUT2D eigenvalue weighted by Gasteiger charge is 2.21. The van der Waals surface area contributed by atoms with E-state index in [0.717, 1.165) is 56.7 Å². The zero-order valence-electron chi connectivity index (χ0n) is 22.1. The molecule has 0 fully saturated rings. The highest BCUT2D eigenvalue weighted by molar-refractivity contribution is 5.90. The lowest BCUT2D eigenvalue weighted by atomic mass is 10.1. The van der Waals surface area contributed by atoms with Crippen LogP contribution in [-0.2, 0) is 22.4 Å². The highest BCUT2D eigenvalue weighted by Crippen LogP contribution is 2.22. The molecule has 0 saturated heterocycles. The maximum Gasteiger partial charge on any atom is 0.326 e. The van der Waals surface area contributed by atoms with E-state index in [0.29, 0.717) is 36.2 Å². The molecule has 2 unspecified atom stereocenters. The number of carboxylic acid groups (broad SMARTS) is 1. The van der Waals surface area contributed by atoms with E-state index in [1.807, 2.05) is 6.92 Å². The molecule has 0 spiro atoms. The lowest BCUT2D eigenvalue weighted by Crippen LogP contribution is -2.38. The van der Waals surface area contributed by atoms with Crippen LogP contribution in [0.2, 0.25) is 0 Å². The van der Waals surface area contributed by atoms with Crippen molar-refractivity contribution in [1.82, 2.24) is 19.9 Å². The molecule has 0 radical (unpaired) electrons. The average Bonchev–Trinajstić information content (AvgIpc) is 2.92. The molecule has 0 amide bonds. The summed E-state index contributed by atoms with van der Waals surface area (Å²) >= 11 is 0. The van der Waals surface area contributed by atoms with Gasteiger partial charge < -0.3 is 25.4 Å². The van der Waals surface area contributed by atoms with Crippen molar-refractivity contribution < 1.29 is 19.0 Å². The number of methoxy groups -OCH3 is 1. The quantitative estimate of drug-likeness (QED) is 0.268. The minimum absolute atomic E-state index is 0.0281. The van der Waals surface area contributed by atoms with Crippen molar-refractivity contribution in [3.05, 3.63) is 53.7 Å². The largest absolute Gasteiger partial charge is 0.480 e. The summed E-state index contributed by atoms with van der Waals surface area (Å²) < 4.78 is 19.1. The molecular formula is C28H37FN6O3. The molecule has 4 rings (SSSR count). The van der Waals surface area contributed by atoms with Crippen LogP contribution in [0.25, 0.3) is 10.9 Å². The summed E-state index contributed by atoms with van der Waals surface area (Å²) in [7, 11) is 1.68. The zero-order chi connectivity index (χ0) is 26.9. The lowest BCUT2D eigenvalue weighted by molar-refractivity contribution is -0.138. The second kappa shape index (κ2) is 13.4. The number of fused-ring (bicyclic) bond motifs is 2. The molecule has 1 aliphatic rings. The molecule has 1 aromatic carbocycles. The Balaban J connectivity index is 1.33. The van der Waals surface area contributed by atoms with Gasteiger partial charge in [-0.3, -0.25) is 0 Å². The van der Waals surface area contributed by atoms with Crippen molar-refractivity contribution in [3.8, 4) is 0 Å². The number of aryl methyl sites for hydroxylation is 2. The fourth-order valence-electron chi connectivity index (χ4n) is 4.76. The summed E-state index contributed by atoms with van der Waals surface area (Å²) in [5.41, 5.74) is 2.82. The number of anilines is 2. The summed E-state index contributed by atoms with van der Waals surface area (Å²) in [6, 6.07) is 7.65. The fraction of sp³-hybridized carbons (Fsp3) is 0.500. The van der Waals surface area contributed by atoms with Gasteiger partial charge in [0.1, 0.15) is 29.8 Å². The van der Waals surface area contributed by atoms with E-state index < -0.39 is 17.8 Å². The average molecular weight is 525 g/mol. The van der Waals surface area contributed by atoms with Crippen LogP contribution in [-0.4, -0.2) is 76.4 Å². The van der Waals surface area contributed by atoms with E-state index in [1.165, 1.54) is 24.0 Å². The Kier molecular flexibility index (Phi) is 9.78. The van der Waals surface area contributed by atoms with Crippen LogP contribution in [0, 0.1) is 5.82 Å². The Labute approximate surface area is 222 Å². The number of benzene rings is 1. The molecule has 0 saturated carbocycles. The maximum absolute atomic E-state index is 13.6. The molecule has 2 atom stereocenters. The topological polar surface area (TPSA) is 113 Å². The van der Waals surface area contributed by atoms with Crippen LogP contribution in [0.3, 0.4) is 0 Å². The number of pyridine rings is 1. The summed E-state index contributed by atoms with van der Waals surface area (Å²) in [4.78, 5) is 27.4. The summed E-state index contributed by atoms with van der Waals surface area (Å²) in [6.45, 7) is 5.11. The van der Waals surface area contributed by atoms with Crippen LogP contribution in [0.1, 0.15) is 43.9 Å². The molecule has 2 aromatic heterocycles. The number of aromatic nitrogens is 3. The van der Waals surface area contributed by atoms with Crippen LogP contribution >= 0.6 is 0 Å². The molecule has 3 aromatic rings. The molecule has 3 heterocycles.